The maximum absolute atomic E-state index is 8.85. The Hall–Kier alpha value is -1.48. The molecule has 3 heteroatoms. The fraction of sp³-hybridized carbons (Fsp3) is 0.273. The van der Waals surface area contributed by atoms with Gasteiger partial charge in [-0.2, -0.15) is 0 Å². The molecular formula is C11H12N2O. The largest absolute Gasteiger partial charge is 0.396 e. The van der Waals surface area contributed by atoms with Crippen molar-refractivity contribution in [2.75, 3.05) is 6.61 Å². The summed E-state index contributed by atoms with van der Waals surface area (Å²) in [4.78, 5) is 8.86. The van der Waals surface area contributed by atoms with Crippen LogP contribution in [0.5, 0.6) is 0 Å². The molecule has 0 aliphatic carbocycles. The number of para-hydroxylation sites is 2. The lowest BCUT2D eigenvalue weighted by molar-refractivity contribution is 0.298. The molecule has 14 heavy (non-hydrogen) atoms. The van der Waals surface area contributed by atoms with E-state index in [-0.39, 0.29) is 6.61 Å². The Labute approximate surface area is 82.4 Å². The van der Waals surface area contributed by atoms with Crippen molar-refractivity contribution >= 4 is 11.0 Å². The molecule has 1 heterocycles. The van der Waals surface area contributed by atoms with Gasteiger partial charge in [-0.25, -0.2) is 9.97 Å². The van der Waals surface area contributed by atoms with Crippen molar-refractivity contribution in [1.82, 2.24) is 9.97 Å². The first-order valence-corrected chi connectivity index (χ1v) is 4.64. The highest BCUT2D eigenvalue weighted by molar-refractivity contribution is 5.74. The molecule has 2 aromatic rings. The molecule has 0 spiro atoms. The number of hydrogen-bond acceptors (Lipinski definition) is 3. The van der Waals surface area contributed by atoms with Gasteiger partial charge in [0, 0.05) is 13.0 Å². The van der Waals surface area contributed by atoms with E-state index in [0.29, 0.717) is 6.42 Å². The number of hydrogen-bond donors (Lipinski definition) is 1. The Balaban J connectivity index is 2.59. The molecule has 0 fully saturated rings. The van der Waals surface area contributed by atoms with Crippen molar-refractivity contribution in [3.05, 3.63) is 35.7 Å². The second kappa shape index (κ2) is 3.72. The highest BCUT2D eigenvalue weighted by Crippen LogP contribution is 2.12. The lowest BCUT2D eigenvalue weighted by Gasteiger charge is -2.04. The van der Waals surface area contributed by atoms with Gasteiger partial charge in [0.2, 0.25) is 0 Å². The van der Waals surface area contributed by atoms with Gasteiger partial charge in [0.1, 0.15) is 0 Å². The Kier molecular flexibility index (Phi) is 2.41. The molecular weight excluding hydrogens is 176 g/mol. The molecule has 1 aromatic heterocycles. The molecule has 0 aliphatic rings. The Bertz CT molecular complexity index is 454. The topological polar surface area (TPSA) is 46.0 Å². The Morgan fingerprint density at radius 1 is 1.14 bits per heavy atom. The molecule has 0 unspecified atom stereocenters. The third kappa shape index (κ3) is 1.59. The molecule has 0 bridgehead atoms. The van der Waals surface area contributed by atoms with Gasteiger partial charge < -0.3 is 5.11 Å². The number of aliphatic hydroxyl groups excluding tert-OH is 1. The van der Waals surface area contributed by atoms with Crippen LogP contribution in [-0.2, 0) is 6.42 Å². The summed E-state index contributed by atoms with van der Waals surface area (Å²) < 4.78 is 0. The fourth-order valence-corrected chi connectivity index (χ4v) is 1.47. The zero-order valence-electron chi connectivity index (χ0n) is 8.07. The van der Waals surface area contributed by atoms with Crippen LogP contribution in [0.4, 0.5) is 0 Å². The monoisotopic (exact) mass is 188 g/mol. The smallest absolute Gasteiger partial charge is 0.0890 e. The minimum Gasteiger partial charge on any atom is -0.396 e. The zero-order valence-corrected chi connectivity index (χ0v) is 8.07. The molecule has 0 atom stereocenters. The first kappa shape index (κ1) is 9.09. The van der Waals surface area contributed by atoms with Gasteiger partial charge in [-0.1, -0.05) is 12.1 Å². The Morgan fingerprint density at radius 2 is 1.79 bits per heavy atom. The van der Waals surface area contributed by atoms with E-state index >= 15 is 0 Å². The summed E-state index contributed by atoms with van der Waals surface area (Å²) in [6.45, 7) is 2.04. The van der Waals surface area contributed by atoms with E-state index in [2.05, 4.69) is 9.97 Å². The van der Waals surface area contributed by atoms with Gasteiger partial charge in [0.25, 0.3) is 0 Å². The van der Waals surface area contributed by atoms with E-state index in [9.17, 15) is 0 Å². The highest BCUT2D eigenvalue weighted by Gasteiger charge is 2.03. The van der Waals surface area contributed by atoms with E-state index in [1.807, 2.05) is 31.2 Å². The molecule has 1 aromatic carbocycles. The average molecular weight is 188 g/mol. The maximum atomic E-state index is 8.85. The second-order valence-corrected chi connectivity index (χ2v) is 3.22. The van der Waals surface area contributed by atoms with Crippen LogP contribution in [0.1, 0.15) is 11.4 Å². The molecule has 1 N–H and O–H groups in total. The Morgan fingerprint density at radius 3 is 2.43 bits per heavy atom. The van der Waals surface area contributed by atoms with Crippen molar-refractivity contribution in [2.24, 2.45) is 0 Å². The molecule has 72 valence electrons. The minimum atomic E-state index is 0.119. The molecule has 0 saturated carbocycles. The third-order valence-electron chi connectivity index (χ3n) is 2.19. The third-order valence-corrected chi connectivity index (χ3v) is 2.19. The molecule has 3 nitrogen and oxygen atoms in total. The summed E-state index contributed by atoms with van der Waals surface area (Å²) in [7, 11) is 0. The van der Waals surface area contributed by atoms with Crippen LogP contribution in [0.3, 0.4) is 0 Å². The molecule has 0 amide bonds. The molecule has 2 rings (SSSR count). The maximum Gasteiger partial charge on any atom is 0.0890 e. The van der Waals surface area contributed by atoms with Gasteiger partial charge in [-0.05, 0) is 19.1 Å². The predicted molar refractivity (Wildman–Crippen MR) is 55.1 cm³/mol. The fourth-order valence-electron chi connectivity index (χ4n) is 1.47. The van der Waals surface area contributed by atoms with E-state index in [4.69, 9.17) is 5.11 Å². The number of rotatable bonds is 2. The van der Waals surface area contributed by atoms with E-state index in [0.717, 1.165) is 22.4 Å². The summed E-state index contributed by atoms with van der Waals surface area (Å²) in [6, 6.07) is 7.76. The number of fused-ring (bicyclic) bond motifs is 1. The quantitative estimate of drug-likeness (QED) is 0.776. The SMILES string of the molecule is Cc1nc2ccccc2nc1CCO. The van der Waals surface area contributed by atoms with Crippen LogP contribution in [0, 0.1) is 6.92 Å². The van der Waals surface area contributed by atoms with E-state index < -0.39 is 0 Å². The van der Waals surface area contributed by atoms with Crippen molar-refractivity contribution in [1.29, 1.82) is 0 Å². The van der Waals surface area contributed by atoms with Crippen LogP contribution in [0.25, 0.3) is 11.0 Å². The highest BCUT2D eigenvalue weighted by atomic mass is 16.3. The number of aryl methyl sites for hydroxylation is 1. The van der Waals surface area contributed by atoms with Crippen molar-refractivity contribution in [3.63, 3.8) is 0 Å². The van der Waals surface area contributed by atoms with Crippen LogP contribution in [0.15, 0.2) is 24.3 Å². The summed E-state index contributed by atoms with van der Waals surface area (Å²) >= 11 is 0. The van der Waals surface area contributed by atoms with E-state index in [1.165, 1.54) is 0 Å². The lowest BCUT2D eigenvalue weighted by Crippen LogP contribution is -2.01. The average Bonchev–Trinajstić information content (AvgIpc) is 2.19. The number of benzene rings is 1. The van der Waals surface area contributed by atoms with Crippen LogP contribution in [-0.4, -0.2) is 21.7 Å². The summed E-state index contributed by atoms with van der Waals surface area (Å²) in [5, 5.41) is 8.85. The number of aromatic nitrogens is 2. The van der Waals surface area contributed by atoms with Gasteiger partial charge in [-0.3, -0.25) is 0 Å². The van der Waals surface area contributed by atoms with Gasteiger partial charge in [0.05, 0.1) is 22.4 Å². The second-order valence-electron chi connectivity index (χ2n) is 3.22. The standard InChI is InChI=1S/C11H12N2O/c1-8-9(6-7-14)13-11-5-3-2-4-10(11)12-8/h2-5,14H,6-7H2,1H3. The van der Waals surface area contributed by atoms with Gasteiger partial charge in [-0.15, -0.1) is 0 Å². The summed E-state index contributed by atoms with van der Waals surface area (Å²) in [5.74, 6) is 0. The first-order chi connectivity index (χ1) is 6.81. The van der Waals surface area contributed by atoms with Crippen LogP contribution >= 0.6 is 0 Å². The van der Waals surface area contributed by atoms with Gasteiger partial charge in [0.15, 0.2) is 0 Å². The predicted octanol–water partition coefficient (Wildman–Crippen LogP) is 1.47. The van der Waals surface area contributed by atoms with Crippen molar-refractivity contribution in [3.8, 4) is 0 Å². The number of nitrogens with zero attached hydrogens (tertiary/aromatic N) is 2. The number of aliphatic hydroxyl groups is 1. The van der Waals surface area contributed by atoms with Crippen LogP contribution < -0.4 is 0 Å². The zero-order chi connectivity index (χ0) is 9.97. The normalized spacial score (nSPS) is 10.7. The van der Waals surface area contributed by atoms with E-state index in [1.54, 1.807) is 0 Å². The summed E-state index contributed by atoms with van der Waals surface area (Å²) in [6.07, 6.45) is 0.573. The summed E-state index contributed by atoms with van der Waals surface area (Å²) in [5.41, 5.74) is 3.58. The van der Waals surface area contributed by atoms with Gasteiger partial charge >= 0.3 is 0 Å². The van der Waals surface area contributed by atoms with Crippen molar-refractivity contribution < 1.29 is 5.11 Å². The molecule has 0 saturated heterocycles. The first-order valence-electron chi connectivity index (χ1n) is 4.64. The lowest BCUT2D eigenvalue weighted by atomic mass is 10.2. The molecule has 0 radical (unpaired) electrons. The van der Waals surface area contributed by atoms with Crippen molar-refractivity contribution in [2.45, 2.75) is 13.3 Å². The van der Waals surface area contributed by atoms with Crippen LogP contribution in [0.2, 0.25) is 0 Å². The molecule has 0 aliphatic heterocycles. The minimum absolute atomic E-state index is 0.119.